The van der Waals surface area contributed by atoms with Crippen molar-refractivity contribution in [2.45, 2.75) is 18.9 Å². The van der Waals surface area contributed by atoms with Gasteiger partial charge in [0, 0.05) is 18.2 Å². The molecule has 0 bridgehead atoms. The number of benzene rings is 1. The molecule has 10 heteroatoms. The van der Waals surface area contributed by atoms with Gasteiger partial charge in [0.15, 0.2) is 13.2 Å². The number of nitrogens with one attached hydrogen (secondary N) is 2. The number of halogens is 2. The maximum absolute atomic E-state index is 13.4. The van der Waals surface area contributed by atoms with Crippen LogP contribution in [0.2, 0.25) is 5.02 Å². The van der Waals surface area contributed by atoms with E-state index >= 15 is 0 Å². The Morgan fingerprint density at radius 3 is 2.55 bits per heavy atom. The molecule has 160 valence electrons. The smallest absolute Gasteiger partial charge is 0.262 e. The van der Waals surface area contributed by atoms with Gasteiger partial charge in [0.2, 0.25) is 0 Å². The lowest BCUT2D eigenvalue weighted by atomic mass is 9.84. The average molecular weight is 445 g/mol. The normalized spacial score (nSPS) is 16.9. The van der Waals surface area contributed by atoms with Crippen LogP contribution in [0, 0.1) is 17.1 Å². The van der Waals surface area contributed by atoms with Crippen molar-refractivity contribution in [2.24, 2.45) is 0 Å². The van der Waals surface area contributed by atoms with Gasteiger partial charge < -0.3 is 20.1 Å². The van der Waals surface area contributed by atoms with Crippen molar-refractivity contribution in [3.05, 3.63) is 64.8 Å². The molecule has 2 amide bonds. The Labute approximate surface area is 182 Å². The lowest BCUT2D eigenvalue weighted by molar-refractivity contribution is -0.124. The number of nitriles is 1. The number of aromatic nitrogens is 1. The summed E-state index contributed by atoms with van der Waals surface area (Å²) in [5.74, 6) is -0.826. The van der Waals surface area contributed by atoms with Crippen molar-refractivity contribution in [3.8, 4) is 17.6 Å². The highest BCUT2D eigenvalue weighted by Crippen LogP contribution is 2.28. The fourth-order valence-electron chi connectivity index (χ4n) is 2.88. The van der Waals surface area contributed by atoms with Crippen molar-refractivity contribution in [1.82, 2.24) is 15.6 Å². The van der Waals surface area contributed by atoms with Gasteiger partial charge in [-0.15, -0.1) is 0 Å². The van der Waals surface area contributed by atoms with E-state index in [9.17, 15) is 14.0 Å². The number of pyridine rings is 1. The van der Waals surface area contributed by atoms with Gasteiger partial charge in [-0.1, -0.05) is 11.6 Å². The summed E-state index contributed by atoms with van der Waals surface area (Å²) < 4.78 is 24.0. The molecule has 1 aliphatic rings. The zero-order valence-corrected chi connectivity index (χ0v) is 17.2. The summed E-state index contributed by atoms with van der Waals surface area (Å²) in [4.78, 5) is 27.9. The molecule has 8 nitrogen and oxygen atoms in total. The third-order valence-corrected chi connectivity index (χ3v) is 4.56. The molecule has 0 radical (unpaired) electrons. The Morgan fingerprint density at radius 2 is 1.90 bits per heavy atom. The topological polar surface area (TPSA) is 113 Å². The highest BCUT2D eigenvalue weighted by Gasteiger charge is 2.34. The quantitative estimate of drug-likeness (QED) is 0.646. The molecule has 1 aliphatic carbocycles. The van der Waals surface area contributed by atoms with E-state index in [4.69, 9.17) is 26.3 Å². The largest absolute Gasteiger partial charge is 0.484 e. The lowest BCUT2D eigenvalue weighted by Crippen LogP contribution is -2.53. The summed E-state index contributed by atoms with van der Waals surface area (Å²) >= 11 is 5.60. The molecular formula is C21H18ClFN4O4. The number of carbonyl (C=O) groups excluding carboxylic acids is 2. The first-order valence-electron chi connectivity index (χ1n) is 9.16. The van der Waals surface area contributed by atoms with Gasteiger partial charge in [-0.2, -0.15) is 5.26 Å². The van der Waals surface area contributed by atoms with Crippen LogP contribution in [0.4, 0.5) is 4.39 Å². The van der Waals surface area contributed by atoms with E-state index in [-0.39, 0.29) is 35.6 Å². The van der Waals surface area contributed by atoms with Crippen LogP contribution in [0.25, 0.3) is 0 Å². The summed E-state index contributed by atoms with van der Waals surface area (Å²) in [6.07, 6.45) is 3.49. The minimum Gasteiger partial charge on any atom is -0.484 e. The van der Waals surface area contributed by atoms with Gasteiger partial charge in [0.05, 0.1) is 16.8 Å². The third-order valence-electron chi connectivity index (χ3n) is 4.26. The van der Waals surface area contributed by atoms with Gasteiger partial charge in [-0.3, -0.25) is 9.59 Å². The van der Waals surface area contributed by atoms with E-state index in [0.29, 0.717) is 17.9 Å². The van der Waals surface area contributed by atoms with Gasteiger partial charge >= 0.3 is 0 Å². The monoisotopic (exact) mass is 444 g/mol. The van der Waals surface area contributed by atoms with Crippen LogP contribution in [0.3, 0.4) is 0 Å². The molecule has 2 N–H and O–H groups in total. The Balaban J connectivity index is 1.40. The van der Waals surface area contributed by atoms with Crippen LogP contribution in [-0.4, -0.2) is 35.6 Å². The van der Waals surface area contributed by atoms with Crippen LogP contribution in [-0.2, 0) is 9.59 Å². The average Bonchev–Trinajstić information content (AvgIpc) is 2.72. The minimum atomic E-state index is -0.633. The predicted octanol–water partition coefficient (Wildman–Crippen LogP) is 2.48. The Hall–Kier alpha value is -3.64. The molecular weight excluding hydrogens is 427 g/mol. The number of carbonyl (C=O) groups is 2. The van der Waals surface area contributed by atoms with Crippen LogP contribution >= 0.6 is 11.6 Å². The second-order valence-electron chi connectivity index (χ2n) is 7.00. The van der Waals surface area contributed by atoms with E-state index in [0.717, 1.165) is 6.07 Å². The molecule has 1 heterocycles. The Bertz CT molecular complexity index is 1070. The van der Waals surface area contributed by atoms with Crippen molar-refractivity contribution in [1.29, 1.82) is 5.26 Å². The lowest BCUT2D eigenvalue weighted by Gasteiger charge is -2.37. The first-order valence-corrected chi connectivity index (χ1v) is 9.53. The maximum atomic E-state index is 13.4. The molecule has 3 rings (SSSR count). The summed E-state index contributed by atoms with van der Waals surface area (Å²) in [5, 5.41) is 14.2. The molecule has 1 atom stereocenters. The molecule has 1 unspecified atom stereocenters. The molecule has 0 saturated heterocycles. The molecule has 1 aromatic heterocycles. The first kappa shape index (κ1) is 22.1. The van der Waals surface area contributed by atoms with Crippen molar-refractivity contribution in [2.75, 3.05) is 13.2 Å². The Kier molecular flexibility index (Phi) is 6.72. The van der Waals surface area contributed by atoms with E-state index in [1.807, 2.05) is 6.07 Å². The van der Waals surface area contributed by atoms with E-state index in [2.05, 4.69) is 15.6 Å². The summed E-state index contributed by atoms with van der Waals surface area (Å²) in [6, 6.07) is 8.84. The second-order valence-corrected chi connectivity index (χ2v) is 7.41. The van der Waals surface area contributed by atoms with E-state index < -0.39 is 17.3 Å². The third kappa shape index (κ3) is 6.17. The number of hydrogen-bond acceptors (Lipinski definition) is 6. The number of rotatable bonds is 8. The van der Waals surface area contributed by atoms with Gasteiger partial charge in [-0.05, 0) is 37.3 Å². The molecule has 0 aliphatic heterocycles. The summed E-state index contributed by atoms with van der Waals surface area (Å²) in [5.41, 5.74) is 0.269. The zero-order chi connectivity index (χ0) is 22.4. The maximum Gasteiger partial charge on any atom is 0.262 e. The van der Waals surface area contributed by atoms with Crippen LogP contribution in [0.5, 0.6) is 11.5 Å². The van der Waals surface area contributed by atoms with E-state index in [1.165, 1.54) is 24.4 Å². The molecule has 0 saturated carbocycles. The summed E-state index contributed by atoms with van der Waals surface area (Å²) in [6.45, 7) is 1.28. The van der Waals surface area contributed by atoms with Gasteiger partial charge in [0.1, 0.15) is 29.1 Å². The zero-order valence-electron chi connectivity index (χ0n) is 16.4. The highest BCUT2D eigenvalue weighted by molar-refractivity contribution is 6.30. The van der Waals surface area contributed by atoms with Crippen molar-refractivity contribution < 1.29 is 23.5 Å². The first-order chi connectivity index (χ1) is 14.8. The molecule has 0 fully saturated rings. The van der Waals surface area contributed by atoms with Crippen LogP contribution in [0.15, 0.2) is 48.3 Å². The number of ether oxygens (including phenoxy) is 2. The van der Waals surface area contributed by atoms with Gasteiger partial charge in [-0.25, -0.2) is 9.37 Å². The number of hydrogen-bond donors (Lipinski definition) is 2. The highest BCUT2D eigenvalue weighted by atomic mass is 35.5. The van der Waals surface area contributed by atoms with Gasteiger partial charge in [0.25, 0.3) is 11.8 Å². The Morgan fingerprint density at radius 1 is 1.23 bits per heavy atom. The van der Waals surface area contributed by atoms with Crippen molar-refractivity contribution in [3.63, 3.8) is 0 Å². The minimum absolute atomic E-state index is 0.0301. The standard InChI is InChI=1S/C21H18ClFN4O4/c1-21(27-20(29)12-30-15-4-5-17(22)18(23)6-15)7-14(8-21)26-19(28)11-31-16-3-2-13(9-24)25-10-16/h2-7,10H,8,11-12H2,1H3,(H,26,28)(H,27,29). The molecule has 2 aromatic rings. The molecule has 1 aromatic carbocycles. The number of nitrogens with zero attached hydrogens (tertiary/aromatic N) is 2. The fraction of sp³-hybridized carbons (Fsp3) is 0.238. The summed E-state index contributed by atoms with van der Waals surface area (Å²) in [7, 11) is 0. The fourth-order valence-corrected chi connectivity index (χ4v) is 3.00. The SMILES string of the molecule is CC1(NC(=O)COc2ccc(Cl)c(F)c2)C=C(NC(=O)COc2ccc(C#N)nc2)C1. The van der Waals surface area contributed by atoms with Crippen molar-refractivity contribution >= 4 is 23.4 Å². The van der Waals surface area contributed by atoms with E-state index in [1.54, 1.807) is 19.1 Å². The number of amides is 2. The van der Waals surface area contributed by atoms with Crippen LogP contribution < -0.4 is 20.1 Å². The second kappa shape index (κ2) is 9.45. The predicted molar refractivity (Wildman–Crippen MR) is 109 cm³/mol. The molecule has 0 spiro atoms. The molecule has 31 heavy (non-hydrogen) atoms. The van der Waals surface area contributed by atoms with Crippen LogP contribution in [0.1, 0.15) is 19.0 Å².